The van der Waals surface area contributed by atoms with Gasteiger partial charge in [0.05, 0.1) is 12.2 Å². The number of ether oxygens (including phenoxy) is 2. The molecule has 1 aromatic carbocycles. The first-order valence-electron chi connectivity index (χ1n) is 9.41. The van der Waals surface area contributed by atoms with Gasteiger partial charge in [0.1, 0.15) is 11.4 Å². The van der Waals surface area contributed by atoms with E-state index in [0.29, 0.717) is 24.3 Å². The van der Waals surface area contributed by atoms with Gasteiger partial charge in [-0.3, -0.25) is 9.59 Å². The quantitative estimate of drug-likeness (QED) is 0.230. The Labute approximate surface area is 165 Å². The highest BCUT2D eigenvalue weighted by Crippen LogP contribution is 2.22. The average molecular weight is 427 g/mol. The van der Waals surface area contributed by atoms with Crippen LogP contribution in [0.15, 0.2) is 22.7 Å². The number of hydrogen-bond acceptors (Lipinski definition) is 4. The second-order valence-electron chi connectivity index (χ2n) is 7.46. The number of carbonyl (C=O) groups is 2. The monoisotopic (exact) mass is 426 g/mol. The third kappa shape index (κ3) is 10.6. The summed E-state index contributed by atoms with van der Waals surface area (Å²) in [6.07, 6.45) is 8.85. The lowest BCUT2D eigenvalue weighted by molar-refractivity contribution is -0.154. The number of esters is 1. The van der Waals surface area contributed by atoms with Crippen LogP contribution in [-0.4, -0.2) is 24.5 Å². The lowest BCUT2D eigenvalue weighted by Crippen LogP contribution is -2.23. The van der Waals surface area contributed by atoms with Crippen LogP contribution in [0.4, 0.5) is 0 Å². The first-order chi connectivity index (χ1) is 12.3. The summed E-state index contributed by atoms with van der Waals surface area (Å²) < 4.78 is 11.9. The predicted octanol–water partition coefficient (Wildman–Crippen LogP) is 6.10. The molecular formula is C21H31BrO4. The molecule has 0 aliphatic heterocycles. The maximum absolute atomic E-state index is 11.6. The zero-order valence-electron chi connectivity index (χ0n) is 16.2. The third-order valence-electron chi connectivity index (χ3n) is 3.81. The van der Waals surface area contributed by atoms with E-state index in [9.17, 15) is 9.59 Å². The predicted molar refractivity (Wildman–Crippen MR) is 108 cm³/mol. The SMILES string of the molecule is CC(C)(C)OC(=O)CCCCCCCCCOc1cc(Br)ccc1C=O. The van der Waals surface area contributed by atoms with Crippen molar-refractivity contribution in [2.75, 3.05) is 6.61 Å². The maximum atomic E-state index is 11.6. The highest BCUT2D eigenvalue weighted by Gasteiger charge is 2.15. The maximum Gasteiger partial charge on any atom is 0.306 e. The van der Waals surface area contributed by atoms with Crippen molar-refractivity contribution in [3.8, 4) is 5.75 Å². The highest BCUT2D eigenvalue weighted by molar-refractivity contribution is 9.10. The zero-order valence-corrected chi connectivity index (χ0v) is 17.8. The van der Waals surface area contributed by atoms with Gasteiger partial charge in [-0.15, -0.1) is 0 Å². The Hall–Kier alpha value is -1.36. The van der Waals surface area contributed by atoms with Gasteiger partial charge in [0.25, 0.3) is 0 Å². The summed E-state index contributed by atoms with van der Waals surface area (Å²) in [4.78, 5) is 22.6. The van der Waals surface area contributed by atoms with Gasteiger partial charge in [0.2, 0.25) is 0 Å². The van der Waals surface area contributed by atoms with Crippen LogP contribution in [-0.2, 0) is 9.53 Å². The molecule has 0 bridgehead atoms. The van der Waals surface area contributed by atoms with E-state index in [1.165, 1.54) is 6.42 Å². The van der Waals surface area contributed by atoms with E-state index in [4.69, 9.17) is 9.47 Å². The van der Waals surface area contributed by atoms with Gasteiger partial charge in [-0.25, -0.2) is 0 Å². The minimum Gasteiger partial charge on any atom is -0.493 e. The highest BCUT2D eigenvalue weighted by atomic mass is 79.9. The minimum absolute atomic E-state index is 0.100. The van der Waals surface area contributed by atoms with Crippen LogP contribution >= 0.6 is 15.9 Å². The van der Waals surface area contributed by atoms with Gasteiger partial charge in [-0.05, 0) is 51.8 Å². The number of aldehydes is 1. The Balaban J connectivity index is 2.01. The lowest BCUT2D eigenvalue weighted by Gasteiger charge is -2.19. The van der Waals surface area contributed by atoms with Crippen LogP contribution in [0.1, 0.15) is 82.5 Å². The standard InChI is InChI=1S/C21H31BrO4/c1-21(2,3)26-20(24)11-9-7-5-4-6-8-10-14-25-19-15-18(22)13-12-17(19)16-23/h12-13,15-16H,4-11,14H2,1-3H3. The molecule has 0 aliphatic carbocycles. The fourth-order valence-corrected chi connectivity index (χ4v) is 2.90. The van der Waals surface area contributed by atoms with Crippen LogP contribution in [0.2, 0.25) is 0 Å². The fraction of sp³-hybridized carbons (Fsp3) is 0.619. The first-order valence-corrected chi connectivity index (χ1v) is 10.2. The molecule has 0 atom stereocenters. The third-order valence-corrected chi connectivity index (χ3v) is 4.30. The Kier molecular flexibility index (Phi) is 10.6. The van der Waals surface area contributed by atoms with Crippen molar-refractivity contribution in [3.05, 3.63) is 28.2 Å². The second-order valence-corrected chi connectivity index (χ2v) is 8.38. The van der Waals surface area contributed by atoms with Gasteiger partial charge in [-0.2, -0.15) is 0 Å². The van der Waals surface area contributed by atoms with E-state index in [-0.39, 0.29) is 11.6 Å². The molecule has 1 aromatic rings. The van der Waals surface area contributed by atoms with Crippen LogP contribution < -0.4 is 4.74 Å². The topological polar surface area (TPSA) is 52.6 Å². The molecular weight excluding hydrogens is 396 g/mol. The smallest absolute Gasteiger partial charge is 0.306 e. The molecule has 0 N–H and O–H groups in total. The molecule has 0 saturated heterocycles. The molecule has 0 radical (unpaired) electrons. The number of rotatable bonds is 12. The molecule has 0 aromatic heterocycles. The van der Waals surface area contributed by atoms with E-state index in [2.05, 4.69) is 15.9 Å². The average Bonchev–Trinajstić information content (AvgIpc) is 2.55. The molecule has 5 heteroatoms. The summed E-state index contributed by atoms with van der Waals surface area (Å²) in [5.74, 6) is 0.536. The summed E-state index contributed by atoms with van der Waals surface area (Å²) in [5.41, 5.74) is 0.194. The number of benzene rings is 1. The van der Waals surface area contributed by atoms with Crippen molar-refractivity contribution in [3.63, 3.8) is 0 Å². The molecule has 0 aliphatic rings. The van der Waals surface area contributed by atoms with Crippen LogP contribution in [0.25, 0.3) is 0 Å². The van der Waals surface area contributed by atoms with Crippen molar-refractivity contribution in [2.24, 2.45) is 0 Å². The van der Waals surface area contributed by atoms with Crippen molar-refractivity contribution < 1.29 is 19.1 Å². The van der Waals surface area contributed by atoms with E-state index in [1.54, 1.807) is 6.07 Å². The van der Waals surface area contributed by atoms with E-state index in [1.807, 2.05) is 32.9 Å². The van der Waals surface area contributed by atoms with Crippen LogP contribution in [0.3, 0.4) is 0 Å². The zero-order chi connectivity index (χ0) is 19.4. The molecule has 4 nitrogen and oxygen atoms in total. The summed E-state index contributed by atoms with van der Waals surface area (Å²) in [6, 6.07) is 5.41. The minimum atomic E-state index is -0.387. The molecule has 0 amide bonds. The fourth-order valence-electron chi connectivity index (χ4n) is 2.56. The summed E-state index contributed by atoms with van der Waals surface area (Å²) in [6.45, 7) is 6.30. The molecule has 0 saturated carbocycles. The van der Waals surface area contributed by atoms with E-state index >= 15 is 0 Å². The Bertz CT molecular complexity index is 564. The molecule has 146 valence electrons. The summed E-state index contributed by atoms with van der Waals surface area (Å²) in [7, 11) is 0. The van der Waals surface area contributed by atoms with Crippen LogP contribution in [0.5, 0.6) is 5.75 Å². The Morgan fingerprint density at radius 1 is 1.04 bits per heavy atom. The van der Waals surface area contributed by atoms with Crippen molar-refractivity contribution in [1.29, 1.82) is 0 Å². The van der Waals surface area contributed by atoms with E-state index in [0.717, 1.165) is 49.3 Å². The molecule has 0 unspecified atom stereocenters. The number of unbranched alkanes of at least 4 members (excludes halogenated alkanes) is 6. The molecule has 0 spiro atoms. The van der Waals surface area contributed by atoms with Gasteiger partial charge >= 0.3 is 5.97 Å². The second kappa shape index (κ2) is 12.1. The summed E-state index contributed by atoms with van der Waals surface area (Å²) in [5, 5.41) is 0. The largest absolute Gasteiger partial charge is 0.493 e. The van der Waals surface area contributed by atoms with Crippen LogP contribution in [0, 0.1) is 0 Å². The van der Waals surface area contributed by atoms with Gasteiger partial charge in [-0.1, -0.05) is 48.0 Å². The number of carbonyl (C=O) groups excluding carboxylic acids is 2. The van der Waals surface area contributed by atoms with Crippen molar-refractivity contribution in [2.45, 2.75) is 77.7 Å². The molecule has 0 heterocycles. The normalized spacial score (nSPS) is 11.2. The molecule has 26 heavy (non-hydrogen) atoms. The van der Waals surface area contributed by atoms with Gasteiger partial charge in [0.15, 0.2) is 6.29 Å². The summed E-state index contributed by atoms with van der Waals surface area (Å²) >= 11 is 3.39. The van der Waals surface area contributed by atoms with Crippen molar-refractivity contribution >= 4 is 28.2 Å². The number of halogens is 1. The Morgan fingerprint density at radius 2 is 1.65 bits per heavy atom. The Morgan fingerprint density at radius 3 is 2.27 bits per heavy atom. The van der Waals surface area contributed by atoms with Gasteiger partial charge < -0.3 is 9.47 Å². The first kappa shape index (κ1) is 22.7. The van der Waals surface area contributed by atoms with Crippen molar-refractivity contribution in [1.82, 2.24) is 0 Å². The van der Waals surface area contributed by atoms with E-state index < -0.39 is 0 Å². The number of hydrogen-bond donors (Lipinski definition) is 0. The molecule has 0 fully saturated rings. The van der Waals surface area contributed by atoms with Gasteiger partial charge in [0, 0.05) is 10.9 Å². The lowest BCUT2D eigenvalue weighted by atomic mass is 10.1. The molecule has 1 rings (SSSR count).